The molecule has 0 atom stereocenters. The lowest BCUT2D eigenvalue weighted by atomic mass is 10.2. The van der Waals surface area contributed by atoms with Gasteiger partial charge in [-0.1, -0.05) is 11.8 Å². The van der Waals surface area contributed by atoms with Crippen LogP contribution in [0.5, 0.6) is 0 Å². The maximum Gasteiger partial charge on any atom is 0.263 e. The fourth-order valence-electron chi connectivity index (χ4n) is 2.11. The molecule has 1 aliphatic heterocycles. The molecular formula is C15H18N2O3S. The van der Waals surface area contributed by atoms with Crippen molar-refractivity contribution in [3.8, 4) is 11.8 Å². The van der Waals surface area contributed by atoms with E-state index in [-0.39, 0.29) is 25.0 Å². The van der Waals surface area contributed by atoms with Crippen molar-refractivity contribution in [2.24, 2.45) is 0 Å². The molecule has 2 heterocycles. The summed E-state index contributed by atoms with van der Waals surface area (Å²) in [4.78, 5) is 26.2. The standard InChI is InChI=1S/C15H18N2O3S/c18-9-4-1-5-12-6-10-21-14(12)15(20)16-11-13(19)17-7-2-3-8-17/h6,10,18H,2-4,7-9,11H2,(H,16,20). The highest BCUT2D eigenvalue weighted by Gasteiger charge is 2.19. The molecule has 1 fully saturated rings. The van der Waals surface area contributed by atoms with Gasteiger partial charge in [-0.2, -0.15) is 0 Å². The van der Waals surface area contributed by atoms with Crippen LogP contribution in [0.1, 0.15) is 34.5 Å². The molecule has 0 aliphatic carbocycles. The Kier molecular flexibility index (Phi) is 5.78. The maximum atomic E-state index is 12.1. The number of carbonyl (C=O) groups excluding carboxylic acids is 2. The van der Waals surface area contributed by atoms with E-state index in [2.05, 4.69) is 17.2 Å². The maximum absolute atomic E-state index is 12.1. The van der Waals surface area contributed by atoms with Gasteiger partial charge in [-0.15, -0.1) is 11.3 Å². The SMILES string of the molecule is O=C(NCC(=O)N1CCCC1)c1sccc1C#CCCO. The summed E-state index contributed by atoms with van der Waals surface area (Å²) in [6.45, 7) is 1.60. The van der Waals surface area contributed by atoms with E-state index in [1.54, 1.807) is 16.3 Å². The van der Waals surface area contributed by atoms with Crippen molar-refractivity contribution in [3.63, 3.8) is 0 Å². The van der Waals surface area contributed by atoms with Crippen LogP contribution in [-0.2, 0) is 4.79 Å². The van der Waals surface area contributed by atoms with Crippen LogP contribution >= 0.6 is 11.3 Å². The third-order valence-corrected chi connectivity index (χ3v) is 4.10. The highest BCUT2D eigenvalue weighted by Crippen LogP contribution is 2.15. The van der Waals surface area contributed by atoms with E-state index >= 15 is 0 Å². The molecule has 6 heteroatoms. The molecule has 2 rings (SSSR count). The lowest BCUT2D eigenvalue weighted by Gasteiger charge is -2.15. The van der Waals surface area contributed by atoms with Gasteiger partial charge in [-0.25, -0.2) is 0 Å². The normalized spacial score (nSPS) is 13.7. The molecule has 2 amide bonds. The van der Waals surface area contributed by atoms with Gasteiger partial charge >= 0.3 is 0 Å². The third-order valence-electron chi connectivity index (χ3n) is 3.19. The quantitative estimate of drug-likeness (QED) is 0.810. The summed E-state index contributed by atoms with van der Waals surface area (Å²) >= 11 is 1.30. The average Bonchev–Trinajstić information content (AvgIpc) is 3.15. The minimum absolute atomic E-state index is 0.00298. The van der Waals surface area contributed by atoms with Crippen LogP contribution < -0.4 is 5.32 Å². The van der Waals surface area contributed by atoms with Crippen molar-refractivity contribution in [2.45, 2.75) is 19.3 Å². The van der Waals surface area contributed by atoms with Crippen molar-refractivity contribution >= 4 is 23.2 Å². The zero-order valence-electron chi connectivity index (χ0n) is 11.7. The minimum Gasteiger partial charge on any atom is -0.395 e. The molecule has 1 aromatic heterocycles. The van der Waals surface area contributed by atoms with E-state index in [9.17, 15) is 9.59 Å². The van der Waals surface area contributed by atoms with E-state index in [1.807, 2.05) is 0 Å². The van der Waals surface area contributed by atoms with Crippen LogP contribution in [0.15, 0.2) is 11.4 Å². The van der Waals surface area contributed by atoms with E-state index in [4.69, 9.17) is 5.11 Å². The number of hydrogen-bond donors (Lipinski definition) is 2. The average molecular weight is 306 g/mol. The van der Waals surface area contributed by atoms with Gasteiger partial charge in [0.2, 0.25) is 5.91 Å². The van der Waals surface area contributed by atoms with Crippen molar-refractivity contribution in [2.75, 3.05) is 26.2 Å². The second kappa shape index (κ2) is 7.81. The molecular weight excluding hydrogens is 288 g/mol. The summed E-state index contributed by atoms with van der Waals surface area (Å²) in [5.74, 6) is 5.35. The predicted octanol–water partition coefficient (Wildman–Crippen LogP) is 0.834. The Bertz CT molecular complexity index is 565. The van der Waals surface area contributed by atoms with Gasteiger partial charge in [0.15, 0.2) is 0 Å². The first-order valence-electron chi connectivity index (χ1n) is 6.95. The first kappa shape index (κ1) is 15.5. The Hall–Kier alpha value is -1.84. The molecule has 1 aliphatic rings. The second-order valence-electron chi connectivity index (χ2n) is 4.71. The predicted molar refractivity (Wildman–Crippen MR) is 81.0 cm³/mol. The van der Waals surface area contributed by atoms with Crippen LogP contribution in [-0.4, -0.2) is 48.1 Å². The largest absolute Gasteiger partial charge is 0.395 e. The Balaban J connectivity index is 1.90. The van der Waals surface area contributed by atoms with Crippen LogP contribution in [0.2, 0.25) is 0 Å². The summed E-state index contributed by atoms with van der Waals surface area (Å²) < 4.78 is 0. The van der Waals surface area contributed by atoms with E-state index < -0.39 is 0 Å². The molecule has 0 saturated carbocycles. The number of nitrogens with zero attached hydrogens (tertiary/aromatic N) is 1. The molecule has 0 aromatic carbocycles. The highest BCUT2D eigenvalue weighted by molar-refractivity contribution is 7.12. The molecule has 5 nitrogen and oxygen atoms in total. The van der Waals surface area contributed by atoms with Gasteiger partial charge in [-0.05, 0) is 24.3 Å². The molecule has 112 valence electrons. The number of likely N-dealkylation sites (tertiary alicyclic amines) is 1. The monoisotopic (exact) mass is 306 g/mol. The lowest BCUT2D eigenvalue weighted by Crippen LogP contribution is -2.38. The van der Waals surface area contributed by atoms with Gasteiger partial charge < -0.3 is 15.3 Å². The van der Waals surface area contributed by atoms with Crippen molar-refractivity contribution in [1.82, 2.24) is 10.2 Å². The molecule has 1 saturated heterocycles. The number of thiophene rings is 1. The molecule has 0 radical (unpaired) electrons. The van der Waals surface area contributed by atoms with Crippen molar-refractivity contribution < 1.29 is 14.7 Å². The minimum atomic E-state index is -0.272. The lowest BCUT2D eigenvalue weighted by molar-refractivity contribution is -0.129. The molecule has 0 unspecified atom stereocenters. The fourth-order valence-corrected chi connectivity index (χ4v) is 2.88. The van der Waals surface area contributed by atoms with Gasteiger partial charge in [0.05, 0.1) is 13.2 Å². The summed E-state index contributed by atoms with van der Waals surface area (Å²) in [7, 11) is 0. The number of aliphatic hydroxyl groups is 1. The summed E-state index contributed by atoms with van der Waals surface area (Å²) in [6, 6.07) is 1.77. The zero-order valence-corrected chi connectivity index (χ0v) is 12.5. The van der Waals surface area contributed by atoms with Crippen LogP contribution in [0.4, 0.5) is 0 Å². The van der Waals surface area contributed by atoms with Crippen LogP contribution in [0.25, 0.3) is 0 Å². The van der Waals surface area contributed by atoms with Crippen LogP contribution in [0.3, 0.4) is 0 Å². The topological polar surface area (TPSA) is 69.6 Å². The Labute approximate surface area is 128 Å². The van der Waals surface area contributed by atoms with Gasteiger partial charge in [0.25, 0.3) is 5.91 Å². The fraction of sp³-hybridized carbons (Fsp3) is 0.467. The zero-order chi connectivity index (χ0) is 15.1. The number of amides is 2. The molecule has 0 bridgehead atoms. The number of hydrogen-bond acceptors (Lipinski definition) is 4. The Morgan fingerprint density at radius 1 is 1.38 bits per heavy atom. The summed E-state index contributed by atoms with van der Waals surface area (Å²) in [5, 5.41) is 13.1. The second-order valence-corrected chi connectivity index (χ2v) is 5.63. The third kappa shape index (κ3) is 4.31. The highest BCUT2D eigenvalue weighted by atomic mass is 32.1. The van der Waals surface area contributed by atoms with Crippen molar-refractivity contribution in [3.05, 3.63) is 21.9 Å². The van der Waals surface area contributed by atoms with Gasteiger partial charge in [-0.3, -0.25) is 9.59 Å². The van der Waals surface area contributed by atoms with Gasteiger partial charge in [0, 0.05) is 25.1 Å². The summed E-state index contributed by atoms with van der Waals surface area (Å²) in [5.41, 5.74) is 0.638. The van der Waals surface area contributed by atoms with Crippen molar-refractivity contribution in [1.29, 1.82) is 0 Å². The van der Waals surface area contributed by atoms with Gasteiger partial charge in [0.1, 0.15) is 4.88 Å². The van der Waals surface area contributed by atoms with E-state index in [0.29, 0.717) is 16.9 Å². The molecule has 2 N–H and O–H groups in total. The number of carbonyl (C=O) groups is 2. The summed E-state index contributed by atoms with van der Waals surface area (Å²) in [6.07, 6.45) is 2.45. The first-order valence-corrected chi connectivity index (χ1v) is 7.83. The van der Waals surface area contributed by atoms with Crippen LogP contribution in [0, 0.1) is 11.8 Å². The molecule has 1 aromatic rings. The van der Waals surface area contributed by atoms with E-state index in [1.165, 1.54) is 11.3 Å². The number of aliphatic hydroxyl groups excluding tert-OH is 1. The van der Waals surface area contributed by atoms with E-state index in [0.717, 1.165) is 25.9 Å². The Morgan fingerprint density at radius 3 is 2.86 bits per heavy atom. The smallest absolute Gasteiger partial charge is 0.263 e. The molecule has 0 spiro atoms. The first-order chi connectivity index (χ1) is 10.2. The number of nitrogens with one attached hydrogen (secondary N) is 1. The Morgan fingerprint density at radius 2 is 2.14 bits per heavy atom. The molecule has 21 heavy (non-hydrogen) atoms. The number of rotatable bonds is 4.